The van der Waals surface area contributed by atoms with Crippen molar-refractivity contribution < 1.29 is 9.47 Å². The van der Waals surface area contributed by atoms with Crippen molar-refractivity contribution in [1.29, 1.82) is 0 Å². The lowest BCUT2D eigenvalue weighted by Gasteiger charge is -2.29. The summed E-state index contributed by atoms with van der Waals surface area (Å²) in [5, 5.41) is 3.41. The fourth-order valence-corrected chi connectivity index (χ4v) is 3.12. The van der Waals surface area contributed by atoms with Crippen molar-refractivity contribution >= 4 is 0 Å². The molecule has 18 heavy (non-hydrogen) atoms. The number of rotatable bonds is 2. The molecular formula is C15H21NO2. The van der Waals surface area contributed by atoms with E-state index in [1.165, 1.54) is 36.0 Å². The number of fused-ring (bicyclic) bond motifs is 1. The molecule has 1 saturated heterocycles. The molecule has 98 valence electrons. The molecule has 1 fully saturated rings. The maximum absolute atomic E-state index is 5.90. The van der Waals surface area contributed by atoms with Gasteiger partial charge in [0.1, 0.15) is 5.75 Å². The van der Waals surface area contributed by atoms with E-state index in [-0.39, 0.29) is 6.10 Å². The van der Waals surface area contributed by atoms with Gasteiger partial charge in [-0.2, -0.15) is 0 Å². The number of morpholine rings is 1. The van der Waals surface area contributed by atoms with Crippen molar-refractivity contribution in [1.82, 2.24) is 5.32 Å². The van der Waals surface area contributed by atoms with Crippen molar-refractivity contribution in [3.8, 4) is 5.75 Å². The minimum Gasteiger partial charge on any atom is -0.496 e. The molecule has 3 nitrogen and oxygen atoms in total. The summed E-state index contributed by atoms with van der Waals surface area (Å²) in [6.07, 6.45) is 5.09. The highest BCUT2D eigenvalue weighted by atomic mass is 16.5. The predicted molar refractivity (Wildman–Crippen MR) is 71.2 cm³/mol. The third-order valence-electron chi connectivity index (χ3n) is 4.02. The maximum Gasteiger partial charge on any atom is 0.122 e. The molecule has 1 aliphatic carbocycles. The van der Waals surface area contributed by atoms with Crippen molar-refractivity contribution in [3.05, 3.63) is 28.8 Å². The molecule has 1 N–H and O–H groups in total. The summed E-state index contributed by atoms with van der Waals surface area (Å²) in [6.45, 7) is 2.71. The van der Waals surface area contributed by atoms with Crippen molar-refractivity contribution in [3.63, 3.8) is 0 Å². The van der Waals surface area contributed by atoms with Crippen LogP contribution in [0.4, 0.5) is 0 Å². The molecule has 0 amide bonds. The van der Waals surface area contributed by atoms with Crippen molar-refractivity contribution in [2.75, 3.05) is 26.8 Å². The second-order valence-corrected chi connectivity index (χ2v) is 5.08. The second-order valence-electron chi connectivity index (χ2n) is 5.08. The molecule has 1 unspecified atom stereocenters. The van der Waals surface area contributed by atoms with Gasteiger partial charge in [-0.15, -0.1) is 0 Å². The standard InChI is InChI=1S/C15H21NO2/c1-17-14-7-6-13(15-10-16-8-9-18-15)11-4-2-3-5-12(11)14/h6-7,15-16H,2-5,8-10H2,1H3. The van der Waals surface area contributed by atoms with Gasteiger partial charge in [-0.1, -0.05) is 6.07 Å². The van der Waals surface area contributed by atoms with E-state index in [2.05, 4.69) is 17.4 Å². The third kappa shape index (κ3) is 2.13. The molecule has 1 aromatic carbocycles. The second kappa shape index (κ2) is 5.29. The molecule has 1 atom stereocenters. The Kier molecular flexibility index (Phi) is 3.52. The van der Waals surface area contributed by atoms with Gasteiger partial charge >= 0.3 is 0 Å². The lowest BCUT2D eigenvalue weighted by atomic mass is 9.85. The SMILES string of the molecule is COc1ccc(C2CNCCO2)c2c1CCCC2. The number of hydrogen-bond acceptors (Lipinski definition) is 3. The number of methoxy groups -OCH3 is 1. The summed E-state index contributed by atoms with van der Waals surface area (Å²) < 4.78 is 11.4. The zero-order valence-electron chi connectivity index (χ0n) is 11.0. The Hall–Kier alpha value is -1.06. The van der Waals surface area contributed by atoms with E-state index in [0.717, 1.165) is 31.9 Å². The first kappa shape index (κ1) is 12.0. The van der Waals surface area contributed by atoms with Crippen LogP contribution in [0.25, 0.3) is 0 Å². The third-order valence-corrected chi connectivity index (χ3v) is 4.02. The Morgan fingerprint density at radius 3 is 2.78 bits per heavy atom. The van der Waals surface area contributed by atoms with E-state index < -0.39 is 0 Å². The molecule has 1 heterocycles. The van der Waals surface area contributed by atoms with Crippen LogP contribution in [-0.4, -0.2) is 26.8 Å². The van der Waals surface area contributed by atoms with Crippen LogP contribution in [0.5, 0.6) is 5.75 Å². The summed E-state index contributed by atoms with van der Waals surface area (Å²) in [4.78, 5) is 0. The van der Waals surface area contributed by atoms with Gasteiger partial charge in [-0.25, -0.2) is 0 Å². The van der Waals surface area contributed by atoms with E-state index in [1.54, 1.807) is 7.11 Å². The smallest absolute Gasteiger partial charge is 0.122 e. The monoisotopic (exact) mass is 247 g/mol. The summed E-state index contributed by atoms with van der Waals surface area (Å²) in [5.74, 6) is 1.05. The van der Waals surface area contributed by atoms with Crippen molar-refractivity contribution in [2.45, 2.75) is 31.8 Å². The first-order chi connectivity index (χ1) is 8.90. The van der Waals surface area contributed by atoms with Gasteiger partial charge in [-0.3, -0.25) is 0 Å². The Morgan fingerprint density at radius 1 is 1.22 bits per heavy atom. The Labute approximate surface area is 108 Å². The molecule has 0 bridgehead atoms. The number of hydrogen-bond donors (Lipinski definition) is 1. The zero-order chi connectivity index (χ0) is 12.4. The molecule has 1 aromatic rings. The first-order valence-corrected chi connectivity index (χ1v) is 6.91. The van der Waals surface area contributed by atoms with E-state index in [1.807, 2.05) is 0 Å². The highest BCUT2D eigenvalue weighted by Crippen LogP contribution is 2.35. The minimum atomic E-state index is 0.219. The van der Waals surface area contributed by atoms with E-state index in [0.29, 0.717) is 0 Å². The molecule has 3 rings (SSSR count). The van der Waals surface area contributed by atoms with Gasteiger partial charge < -0.3 is 14.8 Å². The molecule has 3 heteroatoms. The van der Waals surface area contributed by atoms with Gasteiger partial charge in [0.25, 0.3) is 0 Å². The lowest BCUT2D eigenvalue weighted by molar-refractivity contribution is 0.0270. The molecule has 2 aliphatic rings. The molecule has 0 spiro atoms. The topological polar surface area (TPSA) is 30.5 Å². The van der Waals surface area contributed by atoms with E-state index >= 15 is 0 Å². The molecule has 0 radical (unpaired) electrons. The molecule has 1 aliphatic heterocycles. The van der Waals surface area contributed by atoms with Gasteiger partial charge in [0.15, 0.2) is 0 Å². The minimum absolute atomic E-state index is 0.219. The Morgan fingerprint density at radius 2 is 2.06 bits per heavy atom. The van der Waals surface area contributed by atoms with Crippen LogP contribution in [0.2, 0.25) is 0 Å². The van der Waals surface area contributed by atoms with E-state index in [9.17, 15) is 0 Å². The Bertz CT molecular complexity index is 425. The maximum atomic E-state index is 5.90. The quantitative estimate of drug-likeness (QED) is 0.869. The van der Waals surface area contributed by atoms with Crippen molar-refractivity contribution in [2.24, 2.45) is 0 Å². The largest absolute Gasteiger partial charge is 0.496 e. The number of ether oxygens (including phenoxy) is 2. The average Bonchev–Trinajstić information content (AvgIpc) is 2.47. The fraction of sp³-hybridized carbons (Fsp3) is 0.600. The molecule has 0 aromatic heterocycles. The Balaban J connectivity index is 1.98. The summed E-state index contributed by atoms with van der Waals surface area (Å²) >= 11 is 0. The summed E-state index contributed by atoms with van der Waals surface area (Å²) in [6, 6.07) is 4.30. The highest BCUT2D eigenvalue weighted by Gasteiger charge is 2.24. The van der Waals surface area contributed by atoms with Gasteiger partial charge in [0.05, 0.1) is 19.8 Å². The zero-order valence-corrected chi connectivity index (χ0v) is 11.0. The van der Waals surface area contributed by atoms with Crippen LogP contribution >= 0.6 is 0 Å². The predicted octanol–water partition coefficient (Wildman–Crippen LogP) is 2.23. The summed E-state index contributed by atoms with van der Waals surface area (Å²) in [7, 11) is 1.77. The van der Waals surface area contributed by atoms with Gasteiger partial charge in [0, 0.05) is 13.1 Å². The van der Waals surface area contributed by atoms with Crippen LogP contribution in [0.1, 0.15) is 35.6 Å². The lowest BCUT2D eigenvalue weighted by Crippen LogP contribution is -2.34. The normalized spacial score (nSPS) is 23.5. The molecule has 0 saturated carbocycles. The van der Waals surface area contributed by atoms with Crippen LogP contribution in [0, 0.1) is 0 Å². The average molecular weight is 247 g/mol. The molecular weight excluding hydrogens is 226 g/mol. The van der Waals surface area contributed by atoms with Crippen LogP contribution in [0.3, 0.4) is 0 Å². The fourth-order valence-electron chi connectivity index (χ4n) is 3.12. The highest BCUT2D eigenvalue weighted by molar-refractivity contribution is 5.47. The van der Waals surface area contributed by atoms with Crippen LogP contribution < -0.4 is 10.1 Å². The number of benzene rings is 1. The van der Waals surface area contributed by atoms with Crippen LogP contribution in [-0.2, 0) is 17.6 Å². The van der Waals surface area contributed by atoms with Gasteiger partial charge in [-0.05, 0) is 48.4 Å². The first-order valence-electron chi connectivity index (χ1n) is 6.91. The summed E-state index contributed by atoms with van der Waals surface area (Å²) in [5.41, 5.74) is 4.27. The number of nitrogens with one attached hydrogen (secondary N) is 1. The van der Waals surface area contributed by atoms with Gasteiger partial charge in [0.2, 0.25) is 0 Å². The van der Waals surface area contributed by atoms with Crippen LogP contribution in [0.15, 0.2) is 12.1 Å². The van der Waals surface area contributed by atoms with E-state index in [4.69, 9.17) is 9.47 Å².